The molecule has 1 aromatic carbocycles. The Balaban J connectivity index is 1.79. The van der Waals surface area contributed by atoms with Crippen molar-refractivity contribution < 1.29 is 0 Å². The average Bonchev–Trinajstić information content (AvgIpc) is 2.42. The van der Waals surface area contributed by atoms with E-state index in [9.17, 15) is 0 Å². The van der Waals surface area contributed by atoms with Gasteiger partial charge in [-0.15, -0.1) is 0 Å². The summed E-state index contributed by atoms with van der Waals surface area (Å²) >= 11 is 0. The lowest BCUT2D eigenvalue weighted by molar-refractivity contribution is 0.356. The zero-order valence-corrected chi connectivity index (χ0v) is 12.0. The van der Waals surface area contributed by atoms with Gasteiger partial charge in [-0.1, -0.05) is 76.1 Å². The first-order valence-corrected chi connectivity index (χ1v) is 7.96. The van der Waals surface area contributed by atoms with Crippen LogP contribution in [0.25, 0.3) is 0 Å². The van der Waals surface area contributed by atoms with Crippen LogP contribution >= 0.6 is 0 Å². The van der Waals surface area contributed by atoms with Crippen LogP contribution in [0.4, 0.5) is 0 Å². The predicted octanol–water partition coefficient (Wildman–Crippen LogP) is 5.54. The van der Waals surface area contributed by atoms with Crippen LogP contribution in [0, 0.1) is 5.92 Å². The Kier molecular flexibility index (Phi) is 5.77. The number of rotatable bonds is 6. The van der Waals surface area contributed by atoms with Crippen LogP contribution in [-0.2, 0) is 12.8 Å². The van der Waals surface area contributed by atoms with Crippen molar-refractivity contribution in [3.8, 4) is 0 Å². The van der Waals surface area contributed by atoms with Crippen LogP contribution in [0.3, 0.4) is 0 Å². The summed E-state index contributed by atoms with van der Waals surface area (Å²) < 4.78 is 0. The van der Waals surface area contributed by atoms with Gasteiger partial charge in [0.1, 0.15) is 0 Å². The molecular formula is C18H28. The van der Waals surface area contributed by atoms with Crippen LogP contribution in [-0.4, -0.2) is 0 Å². The minimum atomic E-state index is 0.963. The van der Waals surface area contributed by atoms with Crippen molar-refractivity contribution in [2.75, 3.05) is 0 Å². The highest BCUT2D eigenvalue weighted by Gasteiger charge is 2.13. The Bertz CT molecular complexity index is 316. The van der Waals surface area contributed by atoms with Gasteiger partial charge in [0.05, 0.1) is 0 Å². The summed E-state index contributed by atoms with van der Waals surface area (Å²) in [6.07, 6.45) is 13.9. The lowest BCUT2D eigenvalue weighted by Gasteiger charge is -2.21. The molecule has 0 radical (unpaired) electrons. The van der Waals surface area contributed by atoms with Gasteiger partial charge in [-0.3, -0.25) is 0 Å². The minimum absolute atomic E-state index is 0.963. The maximum atomic E-state index is 2.37. The maximum absolute atomic E-state index is 2.37. The smallest absolute Gasteiger partial charge is 0.0250 e. The van der Waals surface area contributed by atoms with Crippen molar-refractivity contribution in [3.05, 3.63) is 35.4 Å². The molecule has 0 saturated heterocycles. The van der Waals surface area contributed by atoms with Gasteiger partial charge in [-0.25, -0.2) is 0 Å². The van der Waals surface area contributed by atoms with E-state index in [1.807, 2.05) is 0 Å². The van der Waals surface area contributed by atoms with E-state index in [1.54, 1.807) is 5.56 Å². The molecule has 0 atom stereocenters. The molecule has 0 aromatic heterocycles. The Morgan fingerprint density at radius 1 is 0.889 bits per heavy atom. The van der Waals surface area contributed by atoms with E-state index >= 15 is 0 Å². The molecular weight excluding hydrogens is 216 g/mol. The van der Waals surface area contributed by atoms with E-state index in [0.29, 0.717) is 0 Å². The number of hydrogen-bond donors (Lipinski definition) is 0. The molecule has 0 spiro atoms. The summed E-state index contributed by atoms with van der Waals surface area (Å²) in [5, 5.41) is 0. The first-order valence-electron chi connectivity index (χ1n) is 7.96. The normalized spacial score (nSPS) is 16.9. The molecule has 0 nitrogen and oxygen atoms in total. The van der Waals surface area contributed by atoms with Crippen molar-refractivity contribution in [3.63, 3.8) is 0 Å². The third kappa shape index (κ3) is 4.48. The van der Waals surface area contributed by atoms with Crippen LogP contribution in [0.5, 0.6) is 0 Å². The van der Waals surface area contributed by atoms with E-state index < -0.39 is 0 Å². The van der Waals surface area contributed by atoms with Gasteiger partial charge in [-0.2, -0.15) is 0 Å². The molecule has 1 saturated carbocycles. The topological polar surface area (TPSA) is 0 Å². The first kappa shape index (κ1) is 13.6. The molecule has 18 heavy (non-hydrogen) atoms. The highest BCUT2D eigenvalue weighted by molar-refractivity contribution is 5.23. The summed E-state index contributed by atoms with van der Waals surface area (Å²) in [4.78, 5) is 0. The third-order valence-electron chi connectivity index (χ3n) is 4.34. The fourth-order valence-electron chi connectivity index (χ4n) is 3.15. The number of unbranched alkanes of at least 4 members (excludes halogenated alkanes) is 2. The SMILES string of the molecule is CCCCCc1ccc(CC2CCCCC2)cc1. The highest BCUT2D eigenvalue weighted by Crippen LogP contribution is 2.26. The zero-order valence-electron chi connectivity index (χ0n) is 12.0. The van der Waals surface area contributed by atoms with Gasteiger partial charge in [0.25, 0.3) is 0 Å². The van der Waals surface area contributed by atoms with Crippen molar-refractivity contribution >= 4 is 0 Å². The first-order chi connectivity index (χ1) is 8.88. The number of hydrogen-bond acceptors (Lipinski definition) is 0. The molecule has 2 rings (SSSR count). The van der Waals surface area contributed by atoms with E-state index in [1.165, 1.54) is 69.8 Å². The molecule has 1 aliphatic rings. The molecule has 0 unspecified atom stereocenters. The lowest BCUT2D eigenvalue weighted by Crippen LogP contribution is -2.09. The van der Waals surface area contributed by atoms with Crippen LogP contribution in [0.1, 0.15) is 69.4 Å². The molecule has 100 valence electrons. The third-order valence-corrected chi connectivity index (χ3v) is 4.34. The molecule has 0 amide bonds. The Labute approximate surface area is 113 Å². The fourth-order valence-corrected chi connectivity index (χ4v) is 3.15. The molecule has 0 aliphatic heterocycles. The van der Waals surface area contributed by atoms with Gasteiger partial charge >= 0.3 is 0 Å². The van der Waals surface area contributed by atoms with Crippen molar-refractivity contribution in [2.45, 2.75) is 71.1 Å². The largest absolute Gasteiger partial charge is 0.0654 e. The van der Waals surface area contributed by atoms with Crippen LogP contribution in [0.15, 0.2) is 24.3 Å². The van der Waals surface area contributed by atoms with Crippen molar-refractivity contribution in [2.24, 2.45) is 5.92 Å². The lowest BCUT2D eigenvalue weighted by atomic mass is 9.85. The van der Waals surface area contributed by atoms with E-state index in [-0.39, 0.29) is 0 Å². The van der Waals surface area contributed by atoms with E-state index in [0.717, 1.165) is 5.92 Å². The van der Waals surface area contributed by atoms with Crippen LogP contribution in [0.2, 0.25) is 0 Å². The standard InChI is InChI=1S/C18H28/c1-2-3-5-8-16-11-13-18(14-12-16)15-17-9-6-4-7-10-17/h11-14,17H,2-10,15H2,1H3. The molecule has 1 aromatic rings. The van der Waals surface area contributed by atoms with Gasteiger partial charge in [0.15, 0.2) is 0 Å². The molecule has 0 heterocycles. The average molecular weight is 244 g/mol. The summed E-state index contributed by atoms with van der Waals surface area (Å²) in [5.74, 6) is 0.963. The monoisotopic (exact) mass is 244 g/mol. The second kappa shape index (κ2) is 7.61. The van der Waals surface area contributed by atoms with Gasteiger partial charge < -0.3 is 0 Å². The van der Waals surface area contributed by atoms with Gasteiger partial charge in [-0.05, 0) is 36.3 Å². The van der Waals surface area contributed by atoms with Crippen molar-refractivity contribution in [1.82, 2.24) is 0 Å². The van der Waals surface area contributed by atoms with E-state index in [2.05, 4.69) is 31.2 Å². The highest BCUT2D eigenvalue weighted by atomic mass is 14.2. The summed E-state index contributed by atoms with van der Waals surface area (Å²) in [6, 6.07) is 9.45. The van der Waals surface area contributed by atoms with Crippen molar-refractivity contribution in [1.29, 1.82) is 0 Å². The predicted molar refractivity (Wildman–Crippen MR) is 80.0 cm³/mol. The molecule has 1 aliphatic carbocycles. The Hall–Kier alpha value is -0.780. The van der Waals surface area contributed by atoms with Gasteiger partial charge in [0, 0.05) is 0 Å². The molecule has 0 bridgehead atoms. The second-order valence-corrected chi connectivity index (χ2v) is 5.98. The number of benzene rings is 1. The molecule has 0 heteroatoms. The van der Waals surface area contributed by atoms with Crippen LogP contribution < -0.4 is 0 Å². The maximum Gasteiger partial charge on any atom is -0.0250 e. The fraction of sp³-hybridized carbons (Fsp3) is 0.667. The van der Waals surface area contributed by atoms with E-state index in [4.69, 9.17) is 0 Å². The number of aryl methyl sites for hydroxylation is 1. The Morgan fingerprint density at radius 3 is 2.22 bits per heavy atom. The quantitative estimate of drug-likeness (QED) is 0.576. The minimum Gasteiger partial charge on any atom is -0.0654 e. The Morgan fingerprint density at radius 2 is 1.56 bits per heavy atom. The molecule has 1 fully saturated rings. The summed E-state index contributed by atoms with van der Waals surface area (Å²) in [6.45, 7) is 2.27. The van der Waals surface area contributed by atoms with Gasteiger partial charge in [0.2, 0.25) is 0 Å². The summed E-state index contributed by atoms with van der Waals surface area (Å²) in [5.41, 5.74) is 3.08. The second-order valence-electron chi connectivity index (χ2n) is 5.98. The summed E-state index contributed by atoms with van der Waals surface area (Å²) in [7, 11) is 0. The zero-order chi connectivity index (χ0) is 12.6. The molecule has 0 N–H and O–H groups in total.